The normalized spacial score (nSPS) is 25.9. The van der Waals surface area contributed by atoms with Crippen LogP contribution in [0.5, 0.6) is 0 Å². The summed E-state index contributed by atoms with van der Waals surface area (Å²) in [4.78, 5) is 1.77. The summed E-state index contributed by atoms with van der Waals surface area (Å²) < 4.78 is 24.4. The van der Waals surface area contributed by atoms with Crippen molar-refractivity contribution in [2.75, 3.05) is 26.7 Å². The lowest BCUT2D eigenvalue weighted by atomic mass is 10.0. The van der Waals surface area contributed by atoms with E-state index in [1.54, 1.807) is 11.9 Å². The van der Waals surface area contributed by atoms with Gasteiger partial charge in [-0.3, -0.25) is 0 Å². The maximum atomic E-state index is 12.2. The molecule has 0 spiro atoms. The molecular weight excluding hydrogens is 210 g/mol. The topological polar surface area (TPSA) is 15.3 Å². The Bertz CT molecular complexity index is 188. The highest BCUT2D eigenvalue weighted by Crippen LogP contribution is 2.26. The number of alkyl halides is 2. The maximum absolute atomic E-state index is 12.2. The van der Waals surface area contributed by atoms with E-state index in [0.29, 0.717) is 12.0 Å². The van der Waals surface area contributed by atoms with E-state index >= 15 is 0 Å². The van der Waals surface area contributed by atoms with Gasteiger partial charge in [0.15, 0.2) is 0 Å². The first-order chi connectivity index (χ1) is 7.63. The third kappa shape index (κ3) is 4.74. The summed E-state index contributed by atoms with van der Waals surface area (Å²) in [7, 11) is 1.79. The maximum Gasteiger partial charge on any atom is 0.251 e. The van der Waals surface area contributed by atoms with Crippen LogP contribution in [0.2, 0.25) is 0 Å². The summed E-state index contributed by atoms with van der Waals surface area (Å²) in [6.45, 7) is 3.89. The zero-order valence-electron chi connectivity index (χ0n) is 10.4. The number of nitrogens with zero attached hydrogens (tertiary/aromatic N) is 1. The van der Waals surface area contributed by atoms with Crippen molar-refractivity contribution in [3.05, 3.63) is 0 Å². The first kappa shape index (κ1) is 13.8. The van der Waals surface area contributed by atoms with Crippen LogP contribution >= 0.6 is 0 Å². The molecule has 0 aromatic carbocycles. The van der Waals surface area contributed by atoms with E-state index in [9.17, 15) is 8.78 Å². The Morgan fingerprint density at radius 2 is 2.12 bits per heavy atom. The molecule has 0 aliphatic heterocycles. The molecule has 0 amide bonds. The molecule has 0 radical (unpaired) electrons. The van der Waals surface area contributed by atoms with Gasteiger partial charge in [0.05, 0.1) is 6.54 Å². The Labute approximate surface area is 97.4 Å². The van der Waals surface area contributed by atoms with Gasteiger partial charge in [0.25, 0.3) is 6.43 Å². The first-order valence-corrected chi connectivity index (χ1v) is 6.33. The highest BCUT2D eigenvalue weighted by Gasteiger charge is 2.27. The SMILES string of the molecule is CCCNC1CCCC1CN(C)CC(F)F. The van der Waals surface area contributed by atoms with Gasteiger partial charge in [-0.2, -0.15) is 0 Å². The monoisotopic (exact) mass is 234 g/mol. The van der Waals surface area contributed by atoms with Crippen molar-refractivity contribution in [3.8, 4) is 0 Å². The lowest BCUT2D eigenvalue weighted by Crippen LogP contribution is -2.39. The molecule has 0 bridgehead atoms. The summed E-state index contributed by atoms with van der Waals surface area (Å²) in [5.41, 5.74) is 0. The second kappa shape index (κ2) is 7.17. The smallest absolute Gasteiger partial charge is 0.251 e. The molecule has 0 heterocycles. The minimum absolute atomic E-state index is 0.100. The molecule has 1 rings (SSSR count). The van der Waals surface area contributed by atoms with Gasteiger partial charge in [-0.1, -0.05) is 13.3 Å². The van der Waals surface area contributed by atoms with Gasteiger partial charge in [-0.15, -0.1) is 0 Å². The quantitative estimate of drug-likeness (QED) is 0.727. The van der Waals surface area contributed by atoms with Crippen LogP contribution in [-0.2, 0) is 0 Å². The van der Waals surface area contributed by atoms with Gasteiger partial charge in [-0.05, 0) is 38.8 Å². The summed E-state index contributed by atoms with van der Waals surface area (Å²) in [5.74, 6) is 0.551. The standard InChI is InChI=1S/C12H24F2N2/c1-3-7-15-11-6-4-5-10(11)8-16(2)9-12(13)14/h10-12,15H,3-9H2,1-2H3. The predicted molar refractivity (Wildman–Crippen MR) is 62.9 cm³/mol. The Morgan fingerprint density at radius 3 is 2.75 bits per heavy atom. The molecule has 2 atom stereocenters. The van der Waals surface area contributed by atoms with Crippen molar-refractivity contribution in [1.82, 2.24) is 10.2 Å². The number of hydrogen-bond donors (Lipinski definition) is 1. The number of halogens is 2. The van der Waals surface area contributed by atoms with Gasteiger partial charge in [0, 0.05) is 12.6 Å². The molecule has 1 aliphatic rings. The Morgan fingerprint density at radius 1 is 1.38 bits per heavy atom. The Hall–Kier alpha value is -0.220. The molecule has 2 nitrogen and oxygen atoms in total. The van der Waals surface area contributed by atoms with Crippen LogP contribution in [0.3, 0.4) is 0 Å². The van der Waals surface area contributed by atoms with Crippen LogP contribution in [-0.4, -0.2) is 44.0 Å². The summed E-state index contributed by atoms with van der Waals surface area (Å²) >= 11 is 0. The highest BCUT2D eigenvalue weighted by molar-refractivity contribution is 4.84. The zero-order chi connectivity index (χ0) is 12.0. The molecule has 1 fully saturated rings. The second-order valence-electron chi connectivity index (χ2n) is 4.86. The minimum atomic E-state index is -2.21. The largest absolute Gasteiger partial charge is 0.314 e. The third-order valence-electron chi connectivity index (χ3n) is 3.31. The number of hydrogen-bond acceptors (Lipinski definition) is 2. The van der Waals surface area contributed by atoms with E-state index in [1.165, 1.54) is 19.3 Å². The summed E-state index contributed by atoms with van der Waals surface area (Å²) in [5, 5.41) is 3.53. The molecule has 1 aliphatic carbocycles. The molecule has 2 unspecified atom stereocenters. The molecule has 96 valence electrons. The fraction of sp³-hybridized carbons (Fsp3) is 1.00. The minimum Gasteiger partial charge on any atom is -0.314 e. The van der Waals surface area contributed by atoms with E-state index in [2.05, 4.69) is 12.2 Å². The van der Waals surface area contributed by atoms with Gasteiger partial charge in [-0.25, -0.2) is 8.78 Å². The molecule has 0 saturated heterocycles. The Kier molecular flexibility index (Phi) is 6.21. The van der Waals surface area contributed by atoms with Crippen molar-refractivity contribution >= 4 is 0 Å². The third-order valence-corrected chi connectivity index (χ3v) is 3.31. The van der Waals surface area contributed by atoms with Crippen molar-refractivity contribution in [2.45, 2.75) is 45.1 Å². The van der Waals surface area contributed by atoms with Gasteiger partial charge >= 0.3 is 0 Å². The molecular formula is C12H24F2N2. The van der Waals surface area contributed by atoms with Gasteiger partial charge in [0.2, 0.25) is 0 Å². The second-order valence-corrected chi connectivity index (χ2v) is 4.86. The van der Waals surface area contributed by atoms with E-state index in [-0.39, 0.29) is 6.54 Å². The lowest BCUT2D eigenvalue weighted by molar-refractivity contribution is 0.0912. The predicted octanol–water partition coefficient (Wildman–Crippen LogP) is 2.35. The van der Waals surface area contributed by atoms with Crippen LogP contribution < -0.4 is 5.32 Å². The van der Waals surface area contributed by atoms with E-state index in [4.69, 9.17) is 0 Å². The van der Waals surface area contributed by atoms with Crippen LogP contribution in [0, 0.1) is 5.92 Å². The molecule has 4 heteroatoms. The molecule has 0 aromatic heterocycles. The highest BCUT2D eigenvalue weighted by atomic mass is 19.3. The fourth-order valence-electron chi connectivity index (χ4n) is 2.56. The molecule has 1 N–H and O–H groups in total. The number of nitrogens with one attached hydrogen (secondary N) is 1. The summed E-state index contributed by atoms with van der Waals surface area (Å²) in [6, 6.07) is 0.542. The van der Waals surface area contributed by atoms with Crippen molar-refractivity contribution in [2.24, 2.45) is 5.92 Å². The zero-order valence-corrected chi connectivity index (χ0v) is 10.4. The van der Waals surface area contributed by atoms with Crippen molar-refractivity contribution < 1.29 is 8.78 Å². The molecule has 16 heavy (non-hydrogen) atoms. The van der Waals surface area contributed by atoms with E-state index < -0.39 is 6.43 Å². The average molecular weight is 234 g/mol. The van der Waals surface area contributed by atoms with Crippen LogP contribution in [0.25, 0.3) is 0 Å². The first-order valence-electron chi connectivity index (χ1n) is 6.33. The van der Waals surface area contributed by atoms with Crippen LogP contribution in [0.15, 0.2) is 0 Å². The average Bonchev–Trinajstić information content (AvgIpc) is 2.61. The van der Waals surface area contributed by atoms with Crippen LogP contribution in [0.1, 0.15) is 32.6 Å². The van der Waals surface area contributed by atoms with Crippen LogP contribution in [0.4, 0.5) is 8.78 Å². The lowest BCUT2D eigenvalue weighted by Gasteiger charge is -2.26. The van der Waals surface area contributed by atoms with Crippen molar-refractivity contribution in [1.29, 1.82) is 0 Å². The van der Waals surface area contributed by atoms with Gasteiger partial charge in [0.1, 0.15) is 0 Å². The summed E-state index contributed by atoms with van der Waals surface area (Å²) in [6.07, 6.45) is 2.53. The molecule has 0 aromatic rings. The fourth-order valence-corrected chi connectivity index (χ4v) is 2.56. The van der Waals surface area contributed by atoms with E-state index in [1.807, 2.05) is 0 Å². The van der Waals surface area contributed by atoms with E-state index in [0.717, 1.165) is 19.5 Å². The van der Waals surface area contributed by atoms with Gasteiger partial charge < -0.3 is 10.2 Å². The molecule has 1 saturated carbocycles. The number of rotatable bonds is 7. The Balaban J connectivity index is 2.28. The van der Waals surface area contributed by atoms with Crippen molar-refractivity contribution in [3.63, 3.8) is 0 Å².